The summed E-state index contributed by atoms with van der Waals surface area (Å²) in [5.74, 6) is 0.444. The summed E-state index contributed by atoms with van der Waals surface area (Å²) in [5.41, 5.74) is 2.12. The first-order valence-electron chi connectivity index (χ1n) is 9.34. The predicted molar refractivity (Wildman–Crippen MR) is 110 cm³/mol. The smallest absolute Gasteiger partial charge is 0.266 e. The van der Waals surface area contributed by atoms with Gasteiger partial charge in [0.1, 0.15) is 6.54 Å². The van der Waals surface area contributed by atoms with E-state index in [9.17, 15) is 9.59 Å². The number of likely N-dealkylation sites (N-methyl/N-ethyl adjacent to an activating group) is 1. The minimum absolute atomic E-state index is 0.0423. The van der Waals surface area contributed by atoms with E-state index < -0.39 is 0 Å². The van der Waals surface area contributed by atoms with Crippen LogP contribution in [0.5, 0.6) is 0 Å². The van der Waals surface area contributed by atoms with Crippen LogP contribution in [0.1, 0.15) is 13.3 Å². The van der Waals surface area contributed by atoms with Crippen LogP contribution in [0.4, 0.5) is 17.3 Å². The van der Waals surface area contributed by atoms with Crippen molar-refractivity contribution in [2.75, 3.05) is 28.7 Å². The van der Waals surface area contributed by atoms with E-state index in [0.29, 0.717) is 23.2 Å². The van der Waals surface area contributed by atoms with Crippen molar-refractivity contribution < 1.29 is 14.1 Å². The quantitative estimate of drug-likeness (QED) is 0.735. The van der Waals surface area contributed by atoms with Gasteiger partial charge in [0.25, 0.3) is 11.8 Å². The first-order valence-corrected chi connectivity index (χ1v) is 9.34. The van der Waals surface area contributed by atoms with E-state index in [1.54, 1.807) is 22.9 Å². The first kappa shape index (κ1) is 18.7. The molecule has 29 heavy (non-hydrogen) atoms. The average Bonchev–Trinajstić information content (AvgIpc) is 3.16. The van der Waals surface area contributed by atoms with Gasteiger partial charge in [-0.2, -0.15) is 4.98 Å². The number of nitrogens with zero attached hydrogens (tertiary/aromatic N) is 4. The fraction of sp³-hybridized carbons (Fsp3) is 0.238. The highest BCUT2D eigenvalue weighted by Gasteiger charge is 2.30. The maximum Gasteiger partial charge on any atom is 0.266 e. The Labute approximate surface area is 168 Å². The summed E-state index contributed by atoms with van der Waals surface area (Å²) in [5, 5.41) is 6.85. The van der Waals surface area contributed by atoms with Crippen LogP contribution >= 0.6 is 0 Å². The Balaban J connectivity index is 1.54. The van der Waals surface area contributed by atoms with Crippen molar-refractivity contribution in [3.8, 4) is 11.5 Å². The number of aromatic nitrogens is 2. The number of anilines is 3. The third-order valence-electron chi connectivity index (χ3n) is 4.78. The highest BCUT2D eigenvalue weighted by molar-refractivity contribution is 6.05. The van der Waals surface area contributed by atoms with Gasteiger partial charge < -0.3 is 19.6 Å². The van der Waals surface area contributed by atoms with Crippen LogP contribution in [0.3, 0.4) is 0 Å². The molecule has 0 bridgehead atoms. The fourth-order valence-electron chi connectivity index (χ4n) is 3.39. The van der Waals surface area contributed by atoms with Crippen molar-refractivity contribution in [2.45, 2.75) is 19.4 Å². The molecule has 1 unspecified atom stereocenters. The lowest BCUT2D eigenvalue weighted by Crippen LogP contribution is -2.44. The van der Waals surface area contributed by atoms with Gasteiger partial charge in [-0.25, -0.2) is 0 Å². The van der Waals surface area contributed by atoms with Crippen LogP contribution in [-0.2, 0) is 9.59 Å². The summed E-state index contributed by atoms with van der Waals surface area (Å²) in [6.07, 6.45) is 0.227. The predicted octanol–water partition coefficient (Wildman–Crippen LogP) is 2.94. The van der Waals surface area contributed by atoms with Gasteiger partial charge in [0, 0.05) is 25.1 Å². The van der Waals surface area contributed by atoms with Crippen molar-refractivity contribution in [2.24, 2.45) is 0 Å². The summed E-state index contributed by atoms with van der Waals surface area (Å²) >= 11 is 0. The molecule has 8 nitrogen and oxygen atoms in total. The molecule has 0 saturated heterocycles. The summed E-state index contributed by atoms with van der Waals surface area (Å²) in [6.45, 7) is 1.90. The van der Waals surface area contributed by atoms with Gasteiger partial charge in [-0.05, 0) is 36.3 Å². The zero-order valence-corrected chi connectivity index (χ0v) is 16.2. The maximum atomic E-state index is 13.2. The molecule has 1 atom stereocenters. The molecule has 0 aliphatic carbocycles. The molecule has 3 aromatic rings. The third kappa shape index (κ3) is 3.82. The highest BCUT2D eigenvalue weighted by atomic mass is 16.5. The first-order chi connectivity index (χ1) is 14.0. The lowest BCUT2D eigenvalue weighted by molar-refractivity contribution is -0.118. The maximum absolute atomic E-state index is 13.2. The molecule has 1 N–H and O–H groups in total. The van der Waals surface area contributed by atoms with Crippen LogP contribution in [0.2, 0.25) is 0 Å². The zero-order valence-electron chi connectivity index (χ0n) is 16.2. The molecule has 0 fully saturated rings. The van der Waals surface area contributed by atoms with Gasteiger partial charge in [0.2, 0.25) is 11.8 Å². The fourth-order valence-corrected chi connectivity index (χ4v) is 3.39. The van der Waals surface area contributed by atoms with E-state index in [1.807, 2.05) is 55.5 Å². The van der Waals surface area contributed by atoms with E-state index in [2.05, 4.69) is 15.5 Å². The molecule has 2 amide bonds. The van der Waals surface area contributed by atoms with Gasteiger partial charge in [-0.3, -0.25) is 9.59 Å². The van der Waals surface area contributed by atoms with Crippen LogP contribution in [0, 0.1) is 0 Å². The number of amides is 2. The Bertz CT molecular complexity index is 1030. The van der Waals surface area contributed by atoms with E-state index in [1.165, 1.54) is 0 Å². The highest BCUT2D eigenvalue weighted by Crippen LogP contribution is 2.31. The van der Waals surface area contributed by atoms with Crippen LogP contribution in [0.15, 0.2) is 59.1 Å². The summed E-state index contributed by atoms with van der Waals surface area (Å²) in [4.78, 5) is 32.9. The van der Waals surface area contributed by atoms with Crippen LogP contribution in [-0.4, -0.2) is 41.6 Å². The minimum Gasteiger partial charge on any atom is -0.332 e. The molecule has 8 heteroatoms. The van der Waals surface area contributed by atoms with E-state index >= 15 is 0 Å². The van der Waals surface area contributed by atoms with Gasteiger partial charge in [0.15, 0.2) is 0 Å². The summed E-state index contributed by atoms with van der Waals surface area (Å²) in [7, 11) is 1.73. The summed E-state index contributed by atoms with van der Waals surface area (Å²) < 4.78 is 5.33. The van der Waals surface area contributed by atoms with Crippen molar-refractivity contribution in [1.82, 2.24) is 10.1 Å². The van der Waals surface area contributed by atoms with Gasteiger partial charge in [-0.1, -0.05) is 30.3 Å². The number of fused-ring (bicyclic) bond motifs is 1. The second-order valence-corrected chi connectivity index (χ2v) is 7.00. The van der Waals surface area contributed by atoms with Crippen LogP contribution < -0.4 is 15.1 Å². The van der Waals surface area contributed by atoms with E-state index in [4.69, 9.17) is 4.52 Å². The molecular formula is C21H21N5O3. The Hall–Kier alpha value is -3.68. The summed E-state index contributed by atoms with van der Waals surface area (Å²) in [6, 6.07) is 16.5. The molecule has 148 valence electrons. The molecule has 1 aliphatic heterocycles. The van der Waals surface area contributed by atoms with Gasteiger partial charge in [0.05, 0.1) is 11.4 Å². The molecular weight excluding hydrogens is 370 g/mol. The molecule has 0 radical (unpaired) electrons. The van der Waals surface area contributed by atoms with E-state index in [0.717, 1.165) is 5.56 Å². The molecule has 2 heterocycles. The van der Waals surface area contributed by atoms with Crippen molar-refractivity contribution >= 4 is 29.1 Å². The lowest BCUT2D eigenvalue weighted by atomic mass is 10.1. The molecule has 4 rings (SSSR count). The Morgan fingerprint density at radius 1 is 1.21 bits per heavy atom. The van der Waals surface area contributed by atoms with E-state index in [-0.39, 0.29) is 30.8 Å². The van der Waals surface area contributed by atoms with Crippen molar-refractivity contribution in [3.05, 3.63) is 54.6 Å². The molecule has 2 aromatic carbocycles. The zero-order chi connectivity index (χ0) is 20.4. The van der Waals surface area contributed by atoms with Crippen LogP contribution in [0.25, 0.3) is 11.5 Å². The Morgan fingerprint density at radius 3 is 2.72 bits per heavy atom. The van der Waals surface area contributed by atoms with Gasteiger partial charge >= 0.3 is 0 Å². The number of carbonyl (C=O) groups is 2. The number of nitrogens with one attached hydrogen (secondary N) is 1. The van der Waals surface area contributed by atoms with Crippen molar-refractivity contribution in [3.63, 3.8) is 0 Å². The molecule has 0 spiro atoms. The SMILES string of the molecule is CC1CC(=O)Nc2ccccc2N1C(=O)CN(C)c1noc(-c2ccccc2)n1. The number of hydrogen-bond acceptors (Lipinski definition) is 6. The topological polar surface area (TPSA) is 91.6 Å². The number of hydrogen-bond donors (Lipinski definition) is 1. The molecule has 0 saturated carbocycles. The monoisotopic (exact) mass is 391 g/mol. The number of carbonyl (C=O) groups excluding carboxylic acids is 2. The Kier molecular flexibility index (Phi) is 4.99. The molecule has 1 aliphatic rings. The lowest BCUT2D eigenvalue weighted by Gasteiger charge is -2.29. The third-order valence-corrected chi connectivity index (χ3v) is 4.78. The second-order valence-electron chi connectivity index (χ2n) is 7.00. The minimum atomic E-state index is -0.273. The number of para-hydroxylation sites is 2. The number of rotatable bonds is 4. The molecule has 1 aromatic heterocycles. The Morgan fingerprint density at radius 2 is 1.93 bits per heavy atom. The van der Waals surface area contributed by atoms with Gasteiger partial charge in [-0.15, -0.1) is 0 Å². The normalized spacial score (nSPS) is 16.0. The number of benzene rings is 2. The second kappa shape index (κ2) is 7.75. The largest absolute Gasteiger partial charge is 0.332 e. The standard InChI is InChI=1S/C21H21N5O3/c1-14-12-18(27)22-16-10-6-7-11-17(16)26(14)19(28)13-25(2)21-23-20(29-24-21)15-8-4-3-5-9-15/h3-11,14H,12-13H2,1-2H3,(H,22,27). The van der Waals surface area contributed by atoms with Crippen molar-refractivity contribution in [1.29, 1.82) is 0 Å². The average molecular weight is 391 g/mol.